The van der Waals surface area contributed by atoms with Crippen molar-refractivity contribution in [1.29, 1.82) is 0 Å². The van der Waals surface area contributed by atoms with E-state index in [1.165, 1.54) is 11.0 Å². The molecule has 1 saturated heterocycles. The summed E-state index contributed by atoms with van der Waals surface area (Å²) in [6.45, 7) is 5.39. The molecular weight excluding hydrogens is 450 g/mol. The Kier molecular flexibility index (Phi) is 9.14. The molecule has 2 N–H and O–H groups in total. The van der Waals surface area contributed by atoms with Crippen LogP contribution >= 0.6 is 0 Å². The molecule has 0 radical (unpaired) electrons. The van der Waals surface area contributed by atoms with E-state index < -0.39 is 17.7 Å². The second kappa shape index (κ2) is 12.3. The van der Waals surface area contributed by atoms with E-state index in [0.29, 0.717) is 43.1 Å². The van der Waals surface area contributed by atoms with E-state index in [1.54, 1.807) is 50.4 Å². The molecule has 0 saturated carbocycles. The number of benzene rings is 2. The molecule has 0 aromatic heterocycles. The predicted molar refractivity (Wildman–Crippen MR) is 132 cm³/mol. The first-order valence-electron chi connectivity index (χ1n) is 11.9. The molecule has 1 aliphatic heterocycles. The summed E-state index contributed by atoms with van der Waals surface area (Å²) >= 11 is 0. The molecule has 2 aromatic rings. The van der Waals surface area contributed by atoms with Gasteiger partial charge in [-0.05, 0) is 49.6 Å². The number of phenolic OH excluding ortho intramolecular Hbond substituents is 1. The summed E-state index contributed by atoms with van der Waals surface area (Å²) in [5, 5.41) is 21.4. The van der Waals surface area contributed by atoms with E-state index in [1.807, 2.05) is 0 Å². The topological polar surface area (TPSA) is 106 Å². The van der Waals surface area contributed by atoms with Crippen LogP contribution in [0.1, 0.15) is 50.3 Å². The number of hydrogen-bond acceptors (Lipinski definition) is 7. The minimum atomic E-state index is -0.851. The van der Waals surface area contributed by atoms with E-state index in [2.05, 4.69) is 6.92 Å². The van der Waals surface area contributed by atoms with E-state index in [-0.39, 0.29) is 29.4 Å². The van der Waals surface area contributed by atoms with E-state index in [4.69, 9.17) is 14.2 Å². The number of hydrogen-bond donors (Lipinski definition) is 2. The number of amides is 1. The number of rotatable bonds is 12. The second-order valence-corrected chi connectivity index (χ2v) is 8.23. The fourth-order valence-corrected chi connectivity index (χ4v) is 4.03. The molecule has 1 amide bonds. The minimum absolute atomic E-state index is 0.0220. The number of nitrogens with zero attached hydrogens (tertiary/aromatic N) is 1. The molecule has 3 rings (SSSR count). The van der Waals surface area contributed by atoms with Crippen LogP contribution in [0, 0.1) is 0 Å². The number of aromatic hydroxyl groups is 1. The smallest absolute Gasteiger partial charge is 0.295 e. The molecule has 8 heteroatoms. The largest absolute Gasteiger partial charge is 0.507 e. The Morgan fingerprint density at radius 3 is 2.54 bits per heavy atom. The van der Waals surface area contributed by atoms with Gasteiger partial charge in [0.2, 0.25) is 0 Å². The average molecular weight is 484 g/mol. The Labute approximate surface area is 205 Å². The SMILES string of the molecule is CCCCOc1cccc(/C(O)=C2\C(=O)C(=O)N(CCCOC)C2c2ccc(O)c(OCC)c2)c1. The first-order chi connectivity index (χ1) is 16.9. The Hall–Kier alpha value is -3.52. The van der Waals surface area contributed by atoms with Crippen molar-refractivity contribution in [2.45, 2.75) is 39.2 Å². The molecule has 188 valence electrons. The zero-order chi connectivity index (χ0) is 25.4. The van der Waals surface area contributed by atoms with Gasteiger partial charge in [0.25, 0.3) is 11.7 Å². The highest BCUT2D eigenvalue weighted by molar-refractivity contribution is 6.46. The van der Waals surface area contributed by atoms with Crippen molar-refractivity contribution in [1.82, 2.24) is 4.90 Å². The Morgan fingerprint density at radius 1 is 1.03 bits per heavy atom. The standard InChI is InChI=1S/C27H33NO7/c1-4-6-15-35-20-10-7-9-19(16-20)25(30)23-24(18-11-12-21(29)22(17-18)34-5-2)28(13-8-14-33-3)27(32)26(23)31/h7,9-12,16-17,24,29-30H,4-6,8,13-15H2,1-3H3/b25-23+. The number of carbonyl (C=O) groups is 2. The summed E-state index contributed by atoms with van der Waals surface area (Å²) < 4.78 is 16.4. The van der Waals surface area contributed by atoms with Crippen LogP contribution in [0.3, 0.4) is 0 Å². The van der Waals surface area contributed by atoms with Gasteiger partial charge in [-0.2, -0.15) is 0 Å². The molecule has 0 spiro atoms. The van der Waals surface area contributed by atoms with Gasteiger partial charge in [-0.15, -0.1) is 0 Å². The summed E-state index contributed by atoms with van der Waals surface area (Å²) in [5.41, 5.74) is 0.897. The molecule has 1 atom stereocenters. The number of ether oxygens (including phenoxy) is 3. The maximum absolute atomic E-state index is 13.2. The number of aliphatic hydroxyl groups excluding tert-OH is 1. The number of Topliss-reactive ketones (excluding diaryl/α,β-unsaturated/α-hetero) is 1. The number of aliphatic hydroxyl groups is 1. The number of unbranched alkanes of at least 4 members (excludes halogenated alkanes) is 1. The van der Waals surface area contributed by atoms with Crippen molar-refractivity contribution in [3.8, 4) is 17.2 Å². The number of methoxy groups -OCH3 is 1. The first kappa shape index (κ1) is 26.1. The third-order valence-corrected chi connectivity index (χ3v) is 5.76. The second-order valence-electron chi connectivity index (χ2n) is 8.23. The zero-order valence-corrected chi connectivity index (χ0v) is 20.5. The van der Waals surface area contributed by atoms with Crippen molar-refractivity contribution < 1.29 is 34.0 Å². The summed E-state index contributed by atoms with van der Waals surface area (Å²) in [5.74, 6) is -1.00. The molecule has 1 heterocycles. The molecule has 1 fully saturated rings. The number of phenols is 1. The van der Waals surface area contributed by atoms with Gasteiger partial charge in [-0.3, -0.25) is 9.59 Å². The lowest BCUT2D eigenvalue weighted by molar-refractivity contribution is -0.140. The molecule has 1 unspecified atom stereocenters. The van der Waals surface area contributed by atoms with Gasteiger partial charge in [0.1, 0.15) is 11.5 Å². The highest BCUT2D eigenvalue weighted by Crippen LogP contribution is 2.42. The third kappa shape index (κ3) is 5.95. The number of ketones is 1. The maximum atomic E-state index is 13.2. The number of likely N-dealkylation sites (tertiary alicyclic amines) is 1. The summed E-state index contributed by atoms with van der Waals surface area (Å²) in [6, 6.07) is 10.7. The average Bonchev–Trinajstić information content (AvgIpc) is 3.10. The lowest BCUT2D eigenvalue weighted by atomic mass is 9.95. The van der Waals surface area contributed by atoms with Gasteiger partial charge in [0, 0.05) is 25.8 Å². The van der Waals surface area contributed by atoms with Crippen LogP contribution in [0.15, 0.2) is 48.0 Å². The molecule has 35 heavy (non-hydrogen) atoms. The summed E-state index contributed by atoms with van der Waals surface area (Å²) in [4.78, 5) is 27.6. The molecule has 8 nitrogen and oxygen atoms in total. The van der Waals surface area contributed by atoms with Crippen LogP contribution in [-0.2, 0) is 14.3 Å². The van der Waals surface area contributed by atoms with Crippen molar-refractivity contribution >= 4 is 17.4 Å². The lowest BCUT2D eigenvalue weighted by Gasteiger charge is -2.25. The molecule has 0 aliphatic carbocycles. The number of carbonyl (C=O) groups excluding carboxylic acids is 2. The normalized spacial score (nSPS) is 17.1. The quantitative estimate of drug-likeness (QED) is 0.199. The van der Waals surface area contributed by atoms with Crippen molar-refractivity contribution in [2.24, 2.45) is 0 Å². The van der Waals surface area contributed by atoms with E-state index >= 15 is 0 Å². The highest BCUT2D eigenvalue weighted by Gasteiger charge is 2.46. The van der Waals surface area contributed by atoms with Crippen LogP contribution in [-0.4, -0.2) is 60.3 Å². The van der Waals surface area contributed by atoms with Crippen molar-refractivity contribution in [3.63, 3.8) is 0 Å². The molecule has 1 aliphatic rings. The maximum Gasteiger partial charge on any atom is 0.295 e. The van der Waals surface area contributed by atoms with Crippen LogP contribution < -0.4 is 9.47 Å². The van der Waals surface area contributed by atoms with Gasteiger partial charge in [0.05, 0.1) is 24.8 Å². The summed E-state index contributed by atoms with van der Waals surface area (Å²) in [7, 11) is 1.56. The molecule has 2 aromatic carbocycles. The van der Waals surface area contributed by atoms with Crippen LogP contribution in [0.4, 0.5) is 0 Å². The fraction of sp³-hybridized carbons (Fsp3) is 0.407. The Bertz CT molecular complexity index is 1080. The van der Waals surface area contributed by atoms with E-state index in [9.17, 15) is 19.8 Å². The van der Waals surface area contributed by atoms with Gasteiger partial charge in [-0.1, -0.05) is 31.5 Å². The van der Waals surface area contributed by atoms with Gasteiger partial charge in [0.15, 0.2) is 11.5 Å². The lowest BCUT2D eigenvalue weighted by Crippen LogP contribution is -2.31. The van der Waals surface area contributed by atoms with E-state index in [0.717, 1.165) is 12.8 Å². The van der Waals surface area contributed by atoms with Crippen LogP contribution in [0.2, 0.25) is 0 Å². The Morgan fingerprint density at radius 2 is 1.83 bits per heavy atom. The van der Waals surface area contributed by atoms with Gasteiger partial charge >= 0.3 is 0 Å². The predicted octanol–water partition coefficient (Wildman–Crippen LogP) is 4.43. The van der Waals surface area contributed by atoms with Crippen LogP contribution in [0.25, 0.3) is 5.76 Å². The first-order valence-corrected chi connectivity index (χ1v) is 11.9. The van der Waals surface area contributed by atoms with Crippen molar-refractivity contribution in [2.75, 3.05) is 33.5 Å². The monoisotopic (exact) mass is 483 g/mol. The zero-order valence-electron chi connectivity index (χ0n) is 20.5. The summed E-state index contributed by atoms with van der Waals surface area (Å²) in [6.07, 6.45) is 2.39. The fourth-order valence-electron chi connectivity index (χ4n) is 4.03. The van der Waals surface area contributed by atoms with Crippen LogP contribution in [0.5, 0.6) is 17.2 Å². The third-order valence-electron chi connectivity index (χ3n) is 5.76. The molecule has 0 bridgehead atoms. The minimum Gasteiger partial charge on any atom is -0.507 e. The molecular formula is C27H33NO7. The highest BCUT2D eigenvalue weighted by atomic mass is 16.5. The van der Waals surface area contributed by atoms with Crippen molar-refractivity contribution in [3.05, 3.63) is 59.2 Å². The Balaban J connectivity index is 2.09. The van der Waals surface area contributed by atoms with Gasteiger partial charge < -0.3 is 29.3 Å². The van der Waals surface area contributed by atoms with Gasteiger partial charge in [-0.25, -0.2) is 0 Å².